The minimum Gasteiger partial charge on any atom is -0.370 e. The van der Waals surface area contributed by atoms with Crippen molar-refractivity contribution in [1.82, 2.24) is 14.8 Å². The van der Waals surface area contributed by atoms with Gasteiger partial charge in [-0.05, 0) is 26.2 Å². The fourth-order valence-electron chi connectivity index (χ4n) is 1.99. The van der Waals surface area contributed by atoms with Gasteiger partial charge in [-0.3, -0.25) is 4.57 Å². The van der Waals surface area contributed by atoms with Crippen molar-refractivity contribution >= 4 is 10.0 Å². The molecule has 2 rings (SSSR count). The second-order valence-corrected chi connectivity index (χ2v) is 5.44. The summed E-state index contributed by atoms with van der Waals surface area (Å²) in [4.78, 5) is 0. The summed E-state index contributed by atoms with van der Waals surface area (Å²) in [7, 11) is -3.83. The van der Waals surface area contributed by atoms with Gasteiger partial charge >= 0.3 is 0 Å². The minimum atomic E-state index is -3.83. The highest BCUT2D eigenvalue weighted by Crippen LogP contribution is 2.27. The van der Waals surface area contributed by atoms with Gasteiger partial charge in [-0.25, -0.2) is 13.6 Å². The van der Waals surface area contributed by atoms with E-state index >= 15 is 0 Å². The summed E-state index contributed by atoms with van der Waals surface area (Å²) in [5.74, 6) is 0.552. The highest BCUT2D eigenvalue weighted by molar-refractivity contribution is 7.89. The van der Waals surface area contributed by atoms with Crippen molar-refractivity contribution in [3.8, 4) is 0 Å². The Hall–Kier alpha value is -0.990. The summed E-state index contributed by atoms with van der Waals surface area (Å²) in [6.07, 6.45) is 2.74. The maximum absolute atomic E-state index is 11.3. The Morgan fingerprint density at radius 1 is 1.47 bits per heavy atom. The Kier molecular flexibility index (Phi) is 3.45. The van der Waals surface area contributed by atoms with Gasteiger partial charge in [-0.15, -0.1) is 10.2 Å². The summed E-state index contributed by atoms with van der Waals surface area (Å²) in [5, 5.41) is 12.5. The summed E-state index contributed by atoms with van der Waals surface area (Å²) >= 11 is 0. The average Bonchev–Trinajstić information content (AvgIpc) is 2.73. The van der Waals surface area contributed by atoms with Crippen molar-refractivity contribution in [3.05, 3.63) is 5.82 Å². The zero-order chi connectivity index (χ0) is 12.5. The Morgan fingerprint density at radius 2 is 2.24 bits per heavy atom. The number of sulfonamides is 1. The molecular weight excluding hydrogens is 244 g/mol. The van der Waals surface area contributed by atoms with E-state index in [0.29, 0.717) is 19.0 Å². The lowest BCUT2D eigenvalue weighted by molar-refractivity contribution is 0.00691. The van der Waals surface area contributed by atoms with Crippen molar-refractivity contribution in [2.24, 2.45) is 5.14 Å². The maximum atomic E-state index is 11.3. The van der Waals surface area contributed by atoms with Crippen LogP contribution in [0.25, 0.3) is 0 Å². The standard InChI is InChI=1S/C9H16N4O3S/c1-2-13-8(7-5-3-4-6-16-7)11-12-9(13)17(10,14)15/h7H,2-6H2,1H3,(H2,10,14,15). The van der Waals surface area contributed by atoms with E-state index in [9.17, 15) is 8.42 Å². The summed E-state index contributed by atoms with van der Waals surface area (Å²) < 4.78 is 29.7. The van der Waals surface area contributed by atoms with Crippen LogP contribution in [0.1, 0.15) is 38.1 Å². The Bertz CT molecular complexity index is 490. The predicted octanol–water partition coefficient (Wildman–Crippen LogP) is 0.187. The molecule has 1 aromatic heterocycles. The first-order valence-electron chi connectivity index (χ1n) is 5.61. The maximum Gasteiger partial charge on any atom is 0.273 e. The molecule has 0 aliphatic carbocycles. The van der Waals surface area contributed by atoms with Crippen molar-refractivity contribution in [2.45, 2.75) is 44.0 Å². The van der Waals surface area contributed by atoms with Crippen LogP contribution in [0.5, 0.6) is 0 Å². The van der Waals surface area contributed by atoms with Crippen LogP contribution in [-0.2, 0) is 21.3 Å². The van der Waals surface area contributed by atoms with Crippen LogP contribution in [0.2, 0.25) is 0 Å². The molecule has 0 spiro atoms. The molecule has 1 aromatic rings. The van der Waals surface area contributed by atoms with E-state index in [2.05, 4.69) is 10.2 Å². The number of hydrogen-bond donors (Lipinski definition) is 1. The van der Waals surface area contributed by atoms with E-state index in [0.717, 1.165) is 19.3 Å². The number of nitrogens with zero attached hydrogens (tertiary/aromatic N) is 3. The quantitative estimate of drug-likeness (QED) is 0.836. The largest absolute Gasteiger partial charge is 0.370 e. The van der Waals surface area contributed by atoms with Gasteiger partial charge in [-0.2, -0.15) is 0 Å². The fourth-order valence-corrected chi connectivity index (χ4v) is 2.67. The molecule has 0 radical (unpaired) electrons. The number of hydrogen-bond acceptors (Lipinski definition) is 5. The lowest BCUT2D eigenvalue weighted by Crippen LogP contribution is -2.21. The summed E-state index contributed by atoms with van der Waals surface area (Å²) in [6.45, 7) is 2.95. The molecule has 1 aliphatic rings. The smallest absolute Gasteiger partial charge is 0.273 e. The van der Waals surface area contributed by atoms with E-state index in [1.807, 2.05) is 6.92 Å². The van der Waals surface area contributed by atoms with Crippen LogP contribution >= 0.6 is 0 Å². The van der Waals surface area contributed by atoms with Crippen molar-refractivity contribution in [3.63, 3.8) is 0 Å². The van der Waals surface area contributed by atoms with Crippen molar-refractivity contribution in [2.75, 3.05) is 6.61 Å². The first kappa shape index (κ1) is 12.5. The van der Waals surface area contributed by atoms with Gasteiger partial charge in [0.25, 0.3) is 15.2 Å². The molecule has 7 nitrogen and oxygen atoms in total. The second kappa shape index (κ2) is 4.71. The average molecular weight is 260 g/mol. The van der Waals surface area contributed by atoms with Gasteiger partial charge < -0.3 is 4.74 Å². The van der Waals surface area contributed by atoms with Gasteiger partial charge in [0.05, 0.1) is 0 Å². The van der Waals surface area contributed by atoms with E-state index in [-0.39, 0.29) is 11.3 Å². The number of aromatic nitrogens is 3. The first-order valence-corrected chi connectivity index (χ1v) is 7.16. The molecule has 0 saturated carbocycles. The molecule has 1 unspecified atom stereocenters. The molecular formula is C9H16N4O3S. The number of ether oxygens (including phenoxy) is 1. The second-order valence-electron chi connectivity index (χ2n) is 3.99. The molecule has 1 fully saturated rings. The van der Waals surface area contributed by atoms with Gasteiger partial charge in [0.15, 0.2) is 5.82 Å². The lowest BCUT2D eigenvalue weighted by atomic mass is 10.1. The van der Waals surface area contributed by atoms with Crippen molar-refractivity contribution < 1.29 is 13.2 Å². The van der Waals surface area contributed by atoms with Gasteiger partial charge in [0.1, 0.15) is 6.10 Å². The van der Waals surface area contributed by atoms with Crippen LogP contribution in [-0.4, -0.2) is 29.8 Å². The van der Waals surface area contributed by atoms with Crippen LogP contribution in [0, 0.1) is 0 Å². The van der Waals surface area contributed by atoms with E-state index < -0.39 is 10.0 Å². The van der Waals surface area contributed by atoms with Crippen LogP contribution in [0.15, 0.2) is 5.16 Å². The third-order valence-corrected chi connectivity index (χ3v) is 3.59. The molecule has 0 bridgehead atoms. The SMILES string of the molecule is CCn1c(C2CCCCO2)nnc1S(N)(=O)=O. The predicted molar refractivity (Wildman–Crippen MR) is 59.6 cm³/mol. The Labute approximate surface area is 100 Å². The van der Waals surface area contributed by atoms with E-state index in [1.54, 1.807) is 0 Å². The van der Waals surface area contributed by atoms with Crippen LogP contribution in [0.4, 0.5) is 0 Å². The Morgan fingerprint density at radius 3 is 2.76 bits per heavy atom. The number of nitrogens with two attached hydrogens (primary N) is 1. The normalized spacial score (nSPS) is 21.6. The van der Waals surface area contributed by atoms with Gasteiger partial charge in [0, 0.05) is 13.2 Å². The minimum absolute atomic E-state index is 0.174. The fraction of sp³-hybridized carbons (Fsp3) is 0.778. The molecule has 96 valence electrons. The highest BCUT2D eigenvalue weighted by Gasteiger charge is 2.26. The zero-order valence-corrected chi connectivity index (χ0v) is 10.5. The summed E-state index contributed by atoms with van der Waals surface area (Å²) in [5.41, 5.74) is 0. The van der Waals surface area contributed by atoms with Crippen LogP contribution in [0.3, 0.4) is 0 Å². The lowest BCUT2D eigenvalue weighted by Gasteiger charge is -2.22. The third-order valence-electron chi connectivity index (χ3n) is 2.78. The molecule has 8 heteroatoms. The third kappa shape index (κ3) is 2.48. The van der Waals surface area contributed by atoms with E-state index in [4.69, 9.17) is 9.88 Å². The monoisotopic (exact) mass is 260 g/mol. The van der Waals surface area contributed by atoms with Gasteiger partial charge in [-0.1, -0.05) is 0 Å². The summed E-state index contributed by atoms with van der Waals surface area (Å²) in [6, 6.07) is 0. The van der Waals surface area contributed by atoms with Crippen molar-refractivity contribution in [1.29, 1.82) is 0 Å². The van der Waals surface area contributed by atoms with Crippen LogP contribution < -0.4 is 5.14 Å². The zero-order valence-electron chi connectivity index (χ0n) is 9.66. The van der Waals surface area contributed by atoms with Gasteiger partial charge in [0.2, 0.25) is 0 Å². The molecule has 0 aromatic carbocycles. The Balaban J connectivity index is 2.38. The topological polar surface area (TPSA) is 100 Å². The highest BCUT2D eigenvalue weighted by atomic mass is 32.2. The van der Waals surface area contributed by atoms with E-state index in [1.165, 1.54) is 4.57 Å². The molecule has 17 heavy (non-hydrogen) atoms. The number of rotatable bonds is 3. The first-order chi connectivity index (χ1) is 8.04. The molecule has 1 saturated heterocycles. The molecule has 2 N–H and O–H groups in total. The molecule has 2 heterocycles. The molecule has 1 atom stereocenters. The molecule has 1 aliphatic heterocycles. The molecule has 0 amide bonds. The number of primary sulfonamides is 1.